The molecule has 5 nitrogen and oxygen atoms in total. The molecule has 0 aliphatic rings. The second kappa shape index (κ2) is 7.11. The normalized spacial score (nSPS) is 12.2. The van der Waals surface area contributed by atoms with Gasteiger partial charge in [-0.25, -0.2) is 4.98 Å². The quantitative estimate of drug-likeness (QED) is 0.565. The van der Waals surface area contributed by atoms with Crippen LogP contribution in [0.25, 0.3) is 22.5 Å². The van der Waals surface area contributed by atoms with Gasteiger partial charge in [-0.2, -0.15) is 5.10 Å². The van der Waals surface area contributed by atoms with Gasteiger partial charge in [0.2, 0.25) is 0 Å². The molecule has 0 saturated heterocycles. The minimum absolute atomic E-state index is 0.0970. The number of phenols is 1. The molecule has 1 N–H and O–H groups in total. The summed E-state index contributed by atoms with van der Waals surface area (Å²) in [4.78, 5) is 4.75. The summed E-state index contributed by atoms with van der Waals surface area (Å²) in [5.74, 6) is 0.243. The number of nitrogens with zero attached hydrogens (tertiary/aromatic N) is 4. The standard InChI is InChI=1S/C22H22N4O/c1-3-19(20-12-13-24-25(20)2)26-15-23-21(16-8-5-4-6-9-16)22(26)17-10-7-11-18(27)14-17/h4-15,19,27H,3H2,1-2H3/t19-/m0/s1. The molecular weight excluding hydrogens is 336 g/mol. The fraction of sp³-hybridized carbons (Fsp3) is 0.182. The van der Waals surface area contributed by atoms with Crippen molar-refractivity contribution in [3.05, 3.63) is 78.9 Å². The molecule has 0 saturated carbocycles. The molecule has 0 aliphatic carbocycles. The number of aromatic nitrogens is 4. The maximum Gasteiger partial charge on any atom is 0.116 e. The van der Waals surface area contributed by atoms with E-state index in [0.717, 1.165) is 34.6 Å². The summed E-state index contributed by atoms with van der Waals surface area (Å²) in [7, 11) is 1.96. The molecule has 27 heavy (non-hydrogen) atoms. The zero-order chi connectivity index (χ0) is 18.8. The van der Waals surface area contributed by atoms with Crippen LogP contribution in [0.15, 0.2) is 73.2 Å². The van der Waals surface area contributed by atoms with Gasteiger partial charge < -0.3 is 9.67 Å². The van der Waals surface area contributed by atoms with Gasteiger partial charge in [0.25, 0.3) is 0 Å². The molecule has 0 unspecified atom stereocenters. The molecule has 5 heteroatoms. The number of aryl methyl sites for hydroxylation is 1. The average Bonchev–Trinajstić information content (AvgIpc) is 3.31. The highest BCUT2D eigenvalue weighted by atomic mass is 16.3. The highest BCUT2D eigenvalue weighted by Gasteiger charge is 2.22. The number of hydrogen-bond acceptors (Lipinski definition) is 3. The van der Waals surface area contributed by atoms with Gasteiger partial charge in [-0.15, -0.1) is 0 Å². The molecule has 2 aromatic heterocycles. The number of benzene rings is 2. The smallest absolute Gasteiger partial charge is 0.116 e. The van der Waals surface area contributed by atoms with Crippen LogP contribution in [0.4, 0.5) is 0 Å². The molecule has 0 spiro atoms. The molecule has 2 aromatic carbocycles. The van der Waals surface area contributed by atoms with Crippen LogP contribution in [-0.2, 0) is 7.05 Å². The minimum atomic E-state index is 0.0970. The van der Waals surface area contributed by atoms with Crippen molar-refractivity contribution >= 4 is 0 Å². The molecule has 1 atom stereocenters. The summed E-state index contributed by atoms with van der Waals surface area (Å²) in [6, 6.07) is 19.6. The SMILES string of the molecule is CC[C@@H](c1ccnn1C)n1cnc(-c2ccccc2)c1-c1cccc(O)c1. The van der Waals surface area contributed by atoms with Crippen LogP contribution in [-0.4, -0.2) is 24.4 Å². The number of imidazole rings is 1. The lowest BCUT2D eigenvalue weighted by Crippen LogP contribution is -2.14. The Kier molecular flexibility index (Phi) is 4.50. The van der Waals surface area contributed by atoms with Crippen LogP contribution in [0.1, 0.15) is 25.1 Å². The van der Waals surface area contributed by atoms with Crippen molar-refractivity contribution in [2.75, 3.05) is 0 Å². The summed E-state index contributed by atoms with van der Waals surface area (Å²) >= 11 is 0. The zero-order valence-corrected chi connectivity index (χ0v) is 15.4. The van der Waals surface area contributed by atoms with Crippen molar-refractivity contribution in [3.8, 4) is 28.3 Å². The van der Waals surface area contributed by atoms with E-state index < -0.39 is 0 Å². The third kappa shape index (κ3) is 3.12. The number of phenolic OH excluding ortho intramolecular Hbond substituents is 1. The van der Waals surface area contributed by atoms with Crippen LogP contribution in [0, 0.1) is 0 Å². The molecule has 4 aromatic rings. The molecule has 2 heterocycles. The summed E-state index contributed by atoms with van der Waals surface area (Å²) < 4.78 is 4.09. The first-order valence-electron chi connectivity index (χ1n) is 9.08. The van der Waals surface area contributed by atoms with Crippen molar-refractivity contribution in [2.45, 2.75) is 19.4 Å². The Bertz CT molecular complexity index is 1050. The highest BCUT2D eigenvalue weighted by molar-refractivity contribution is 5.79. The Morgan fingerprint density at radius 2 is 1.78 bits per heavy atom. The second-order valence-electron chi connectivity index (χ2n) is 6.57. The molecular formula is C22H22N4O. The van der Waals surface area contributed by atoms with E-state index in [1.54, 1.807) is 12.1 Å². The van der Waals surface area contributed by atoms with Crippen molar-refractivity contribution < 1.29 is 5.11 Å². The fourth-order valence-electron chi connectivity index (χ4n) is 3.60. The van der Waals surface area contributed by atoms with Gasteiger partial charge in [-0.05, 0) is 24.6 Å². The Hall–Kier alpha value is -3.34. The van der Waals surface area contributed by atoms with Gasteiger partial charge in [0, 0.05) is 24.4 Å². The largest absolute Gasteiger partial charge is 0.508 e. The van der Waals surface area contributed by atoms with Gasteiger partial charge >= 0.3 is 0 Å². The van der Waals surface area contributed by atoms with Gasteiger partial charge in [0.1, 0.15) is 5.75 Å². The van der Waals surface area contributed by atoms with Gasteiger partial charge in [-0.3, -0.25) is 4.68 Å². The zero-order valence-electron chi connectivity index (χ0n) is 15.4. The Labute approximate surface area is 158 Å². The van der Waals surface area contributed by atoms with Gasteiger partial charge in [-0.1, -0.05) is 49.4 Å². The van der Waals surface area contributed by atoms with E-state index >= 15 is 0 Å². The first-order valence-corrected chi connectivity index (χ1v) is 9.08. The van der Waals surface area contributed by atoms with E-state index in [1.165, 1.54) is 0 Å². The highest BCUT2D eigenvalue weighted by Crippen LogP contribution is 2.36. The third-order valence-corrected chi connectivity index (χ3v) is 4.88. The molecule has 0 bridgehead atoms. The summed E-state index contributed by atoms with van der Waals surface area (Å²) in [6.45, 7) is 2.16. The van der Waals surface area contributed by atoms with Gasteiger partial charge in [0.15, 0.2) is 0 Å². The third-order valence-electron chi connectivity index (χ3n) is 4.88. The van der Waals surface area contributed by atoms with E-state index in [4.69, 9.17) is 4.98 Å². The van der Waals surface area contributed by atoms with Crippen LogP contribution < -0.4 is 0 Å². The summed E-state index contributed by atoms with van der Waals surface area (Å²) in [5, 5.41) is 14.4. The monoisotopic (exact) mass is 358 g/mol. The Morgan fingerprint density at radius 1 is 1.00 bits per heavy atom. The number of rotatable bonds is 5. The molecule has 0 amide bonds. The first kappa shape index (κ1) is 17.1. The molecule has 0 aliphatic heterocycles. The van der Waals surface area contributed by atoms with Crippen molar-refractivity contribution in [1.82, 2.24) is 19.3 Å². The lowest BCUT2D eigenvalue weighted by molar-refractivity contribution is 0.475. The minimum Gasteiger partial charge on any atom is -0.508 e. The molecule has 0 fully saturated rings. The fourth-order valence-corrected chi connectivity index (χ4v) is 3.60. The van der Waals surface area contributed by atoms with Gasteiger partial charge in [0.05, 0.1) is 29.5 Å². The van der Waals surface area contributed by atoms with E-state index in [2.05, 4.69) is 28.7 Å². The van der Waals surface area contributed by atoms with E-state index in [0.29, 0.717) is 0 Å². The van der Waals surface area contributed by atoms with Crippen LogP contribution in [0.2, 0.25) is 0 Å². The molecule has 136 valence electrons. The average molecular weight is 358 g/mol. The van der Waals surface area contributed by atoms with Crippen LogP contribution in [0.3, 0.4) is 0 Å². The maximum atomic E-state index is 10.0. The molecule has 0 radical (unpaired) electrons. The van der Waals surface area contributed by atoms with Crippen LogP contribution >= 0.6 is 0 Å². The second-order valence-corrected chi connectivity index (χ2v) is 6.57. The molecule has 4 rings (SSSR count). The van der Waals surface area contributed by atoms with Crippen molar-refractivity contribution in [3.63, 3.8) is 0 Å². The Morgan fingerprint density at radius 3 is 2.44 bits per heavy atom. The lowest BCUT2D eigenvalue weighted by atomic mass is 10.0. The first-order chi connectivity index (χ1) is 13.2. The van der Waals surface area contributed by atoms with Crippen molar-refractivity contribution in [1.29, 1.82) is 0 Å². The predicted octanol–water partition coefficient (Wildman–Crippen LogP) is 4.66. The number of aromatic hydroxyl groups is 1. The lowest BCUT2D eigenvalue weighted by Gasteiger charge is -2.21. The Balaban J connectivity index is 1.95. The maximum absolute atomic E-state index is 10.0. The summed E-state index contributed by atoms with van der Waals surface area (Å²) in [6.07, 6.45) is 4.61. The van der Waals surface area contributed by atoms with E-state index in [-0.39, 0.29) is 11.8 Å². The van der Waals surface area contributed by atoms with E-state index in [9.17, 15) is 5.11 Å². The summed E-state index contributed by atoms with van der Waals surface area (Å²) in [5.41, 5.74) is 5.00. The number of hydrogen-bond donors (Lipinski definition) is 1. The topological polar surface area (TPSA) is 55.9 Å². The predicted molar refractivity (Wildman–Crippen MR) is 106 cm³/mol. The van der Waals surface area contributed by atoms with Crippen LogP contribution in [0.5, 0.6) is 5.75 Å². The van der Waals surface area contributed by atoms with Crippen molar-refractivity contribution in [2.24, 2.45) is 7.05 Å². The van der Waals surface area contributed by atoms with E-state index in [1.807, 2.05) is 60.7 Å².